The van der Waals surface area contributed by atoms with E-state index in [9.17, 15) is 9.18 Å². The van der Waals surface area contributed by atoms with Crippen LogP contribution in [-0.2, 0) is 11.4 Å². The van der Waals surface area contributed by atoms with Gasteiger partial charge in [-0.25, -0.2) is 4.39 Å². The van der Waals surface area contributed by atoms with Crippen LogP contribution in [0, 0.1) is 17.7 Å². The van der Waals surface area contributed by atoms with Crippen molar-refractivity contribution in [2.75, 3.05) is 6.54 Å². The maximum atomic E-state index is 13.4. The van der Waals surface area contributed by atoms with Crippen LogP contribution in [0.1, 0.15) is 24.5 Å². The van der Waals surface area contributed by atoms with E-state index in [1.165, 1.54) is 19.1 Å². The minimum Gasteiger partial charge on any atom is -0.392 e. The zero-order valence-electron chi connectivity index (χ0n) is 9.59. The molecule has 0 bridgehead atoms. The molecule has 4 heteroatoms. The Morgan fingerprint density at radius 2 is 2.29 bits per heavy atom. The Labute approximate surface area is 99.7 Å². The van der Waals surface area contributed by atoms with Crippen LogP contribution in [0.15, 0.2) is 18.2 Å². The predicted molar refractivity (Wildman–Crippen MR) is 62.5 cm³/mol. The van der Waals surface area contributed by atoms with Crippen LogP contribution in [0.4, 0.5) is 4.39 Å². The van der Waals surface area contributed by atoms with Crippen LogP contribution in [0.5, 0.6) is 0 Å². The first kappa shape index (κ1) is 13.2. The standard InChI is InChI=1S/C13H14FNO2/c1-10(17)15-7-3-2-4-12-6-5-11(9-16)8-13(12)14/h5-6,8,16H,3,7,9H2,1H3,(H,15,17). The lowest BCUT2D eigenvalue weighted by atomic mass is 10.1. The van der Waals surface area contributed by atoms with E-state index >= 15 is 0 Å². The van der Waals surface area contributed by atoms with Gasteiger partial charge in [-0.15, -0.1) is 0 Å². The van der Waals surface area contributed by atoms with Crippen molar-refractivity contribution in [3.05, 3.63) is 35.1 Å². The molecule has 0 radical (unpaired) electrons. The van der Waals surface area contributed by atoms with Gasteiger partial charge in [-0.3, -0.25) is 4.79 Å². The molecule has 1 rings (SSSR count). The number of hydrogen-bond donors (Lipinski definition) is 2. The van der Waals surface area contributed by atoms with Crippen LogP contribution in [0.25, 0.3) is 0 Å². The Kier molecular flexibility index (Phi) is 5.18. The normalized spacial score (nSPS) is 9.35. The van der Waals surface area contributed by atoms with Crippen molar-refractivity contribution >= 4 is 5.91 Å². The van der Waals surface area contributed by atoms with Gasteiger partial charge in [0, 0.05) is 19.9 Å². The highest BCUT2D eigenvalue weighted by molar-refractivity contribution is 5.72. The number of nitrogens with one attached hydrogen (secondary N) is 1. The molecule has 1 amide bonds. The van der Waals surface area contributed by atoms with E-state index in [1.54, 1.807) is 6.07 Å². The van der Waals surface area contributed by atoms with Crippen LogP contribution in [0.3, 0.4) is 0 Å². The summed E-state index contributed by atoms with van der Waals surface area (Å²) in [5, 5.41) is 11.4. The topological polar surface area (TPSA) is 49.3 Å². The molecule has 3 nitrogen and oxygen atoms in total. The molecule has 0 aliphatic rings. The molecular formula is C13H14FNO2. The van der Waals surface area contributed by atoms with Gasteiger partial charge in [-0.1, -0.05) is 17.9 Å². The van der Waals surface area contributed by atoms with Gasteiger partial charge in [-0.05, 0) is 17.7 Å². The van der Waals surface area contributed by atoms with E-state index < -0.39 is 5.82 Å². The number of aliphatic hydroxyl groups excluding tert-OH is 1. The summed E-state index contributed by atoms with van der Waals surface area (Å²) in [6, 6.07) is 4.42. The van der Waals surface area contributed by atoms with Crippen LogP contribution in [0.2, 0.25) is 0 Å². The number of carbonyl (C=O) groups excluding carboxylic acids is 1. The minimum absolute atomic E-state index is 0.106. The van der Waals surface area contributed by atoms with Crippen LogP contribution < -0.4 is 5.32 Å². The number of benzene rings is 1. The third kappa shape index (κ3) is 4.66. The highest BCUT2D eigenvalue weighted by Gasteiger charge is 1.99. The summed E-state index contributed by atoms with van der Waals surface area (Å²) in [5.74, 6) is 4.90. The van der Waals surface area contributed by atoms with Crippen molar-refractivity contribution in [1.82, 2.24) is 5.32 Å². The molecule has 2 N–H and O–H groups in total. The van der Waals surface area contributed by atoms with E-state index in [4.69, 9.17) is 5.11 Å². The first-order valence-electron chi connectivity index (χ1n) is 5.26. The van der Waals surface area contributed by atoms with Gasteiger partial charge in [0.05, 0.1) is 12.2 Å². The summed E-state index contributed by atoms with van der Waals surface area (Å²) in [5.41, 5.74) is 0.816. The van der Waals surface area contributed by atoms with Crippen LogP contribution >= 0.6 is 0 Å². The van der Waals surface area contributed by atoms with Gasteiger partial charge in [0.25, 0.3) is 0 Å². The third-order valence-corrected chi connectivity index (χ3v) is 2.06. The zero-order valence-corrected chi connectivity index (χ0v) is 9.59. The van der Waals surface area contributed by atoms with Gasteiger partial charge in [0.1, 0.15) is 5.82 Å². The number of halogens is 1. The summed E-state index contributed by atoms with van der Waals surface area (Å²) < 4.78 is 13.4. The average Bonchev–Trinajstić information content (AvgIpc) is 2.30. The lowest BCUT2D eigenvalue weighted by Gasteiger charge is -1.98. The molecule has 1 aromatic carbocycles. The Hall–Kier alpha value is -1.86. The largest absolute Gasteiger partial charge is 0.392 e. The molecule has 0 spiro atoms. The lowest BCUT2D eigenvalue weighted by molar-refractivity contribution is -0.118. The van der Waals surface area contributed by atoms with Gasteiger partial charge >= 0.3 is 0 Å². The van der Waals surface area contributed by atoms with Crippen molar-refractivity contribution < 1.29 is 14.3 Å². The number of carbonyl (C=O) groups is 1. The Bertz CT molecular complexity index is 460. The molecule has 0 aliphatic carbocycles. The molecule has 0 fully saturated rings. The van der Waals surface area contributed by atoms with E-state index in [0.29, 0.717) is 24.1 Å². The molecule has 1 aromatic rings. The fraction of sp³-hybridized carbons (Fsp3) is 0.308. The molecule has 0 saturated heterocycles. The predicted octanol–water partition coefficient (Wildman–Crippen LogP) is 1.20. The van der Waals surface area contributed by atoms with Crippen LogP contribution in [-0.4, -0.2) is 17.6 Å². The third-order valence-electron chi connectivity index (χ3n) is 2.06. The summed E-state index contributed by atoms with van der Waals surface area (Å²) in [4.78, 5) is 10.6. The number of rotatable bonds is 3. The molecule has 17 heavy (non-hydrogen) atoms. The zero-order chi connectivity index (χ0) is 12.7. The molecule has 0 aromatic heterocycles. The Balaban J connectivity index is 2.57. The summed E-state index contributed by atoms with van der Waals surface area (Å²) >= 11 is 0. The molecule has 0 aliphatic heterocycles. The second kappa shape index (κ2) is 6.66. The molecule has 0 saturated carbocycles. The van der Waals surface area contributed by atoms with E-state index in [-0.39, 0.29) is 12.5 Å². The number of amides is 1. The summed E-state index contributed by atoms with van der Waals surface area (Å²) in [6.45, 7) is 1.70. The monoisotopic (exact) mass is 235 g/mol. The highest BCUT2D eigenvalue weighted by Crippen LogP contribution is 2.09. The van der Waals surface area contributed by atoms with Gasteiger partial charge in [0.15, 0.2) is 0 Å². The Morgan fingerprint density at radius 1 is 1.53 bits per heavy atom. The quantitative estimate of drug-likeness (QED) is 0.611. The van der Waals surface area contributed by atoms with Gasteiger partial charge < -0.3 is 10.4 Å². The second-order valence-corrected chi connectivity index (χ2v) is 3.51. The van der Waals surface area contributed by atoms with E-state index in [2.05, 4.69) is 17.2 Å². The first-order valence-corrected chi connectivity index (χ1v) is 5.26. The van der Waals surface area contributed by atoms with Gasteiger partial charge in [0.2, 0.25) is 5.91 Å². The maximum Gasteiger partial charge on any atom is 0.216 e. The number of hydrogen-bond acceptors (Lipinski definition) is 2. The number of aliphatic hydroxyl groups is 1. The van der Waals surface area contributed by atoms with Crippen molar-refractivity contribution in [2.45, 2.75) is 20.0 Å². The van der Waals surface area contributed by atoms with E-state index in [1.807, 2.05) is 0 Å². The maximum absolute atomic E-state index is 13.4. The summed E-state index contributed by atoms with van der Waals surface area (Å²) in [6.07, 6.45) is 0.473. The minimum atomic E-state index is -0.441. The van der Waals surface area contributed by atoms with Crippen molar-refractivity contribution in [3.8, 4) is 11.8 Å². The fourth-order valence-corrected chi connectivity index (χ4v) is 1.22. The SMILES string of the molecule is CC(=O)NCCC#Cc1ccc(CO)cc1F. The Morgan fingerprint density at radius 3 is 2.88 bits per heavy atom. The summed E-state index contributed by atoms with van der Waals surface area (Å²) in [7, 11) is 0. The molecule has 0 unspecified atom stereocenters. The smallest absolute Gasteiger partial charge is 0.216 e. The highest BCUT2D eigenvalue weighted by atomic mass is 19.1. The second-order valence-electron chi connectivity index (χ2n) is 3.51. The molecule has 0 heterocycles. The lowest BCUT2D eigenvalue weighted by Crippen LogP contribution is -2.20. The average molecular weight is 235 g/mol. The first-order chi connectivity index (χ1) is 8.13. The molecule has 0 atom stereocenters. The van der Waals surface area contributed by atoms with Crippen molar-refractivity contribution in [2.24, 2.45) is 0 Å². The molecular weight excluding hydrogens is 221 g/mol. The van der Waals surface area contributed by atoms with Crippen molar-refractivity contribution in [3.63, 3.8) is 0 Å². The van der Waals surface area contributed by atoms with Crippen molar-refractivity contribution in [1.29, 1.82) is 0 Å². The van der Waals surface area contributed by atoms with Gasteiger partial charge in [-0.2, -0.15) is 0 Å². The molecule has 90 valence electrons. The fourth-order valence-electron chi connectivity index (χ4n) is 1.22. The van der Waals surface area contributed by atoms with E-state index in [0.717, 1.165) is 0 Å².